The van der Waals surface area contributed by atoms with Gasteiger partial charge in [0.25, 0.3) is 5.91 Å². The number of carbonyl (C=O) groups excluding carboxylic acids is 1. The predicted octanol–water partition coefficient (Wildman–Crippen LogP) is 2.65. The number of nitrogens with one attached hydrogen (secondary N) is 1. The van der Waals surface area contributed by atoms with Crippen molar-refractivity contribution in [3.63, 3.8) is 0 Å². The van der Waals surface area contributed by atoms with E-state index in [-0.39, 0.29) is 16.3 Å². The number of benzene rings is 1. The molecule has 0 spiro atoms. The van der Waals surface area contributed by atoms with Gasteiger partial charge in [0.05, 0.1) is 5.56 Å². The van der Waals surface area contributed by atoms with Gasteiger partial charge in [-0.15, -0.1) is 0 Å². The first-order valence-corrected chi connectivity index (χ1v) is 5.61. The predicted molar refractivity (Wildman–Crippen MR) is 61.9 cm³/mol. The highest BCUT2D eigenvalue weighted by molar-refractivity contribution is 9.09. The zero-order chi connectivity index (χ0) is 11.4. The Morgan fingerprint density at radius 1 is 1.60 bits per heavy atom. The van der Waals surface area contributed by atoms with Crippen molar-refractivity contribution in [1.82, 2.24) is 5.32 Å². The zero-order valence-corrected chi connectivity index (χ0v) is 10.3. The van der Waals surface area contributed by atoms with E-state index in [9.17, 15) is 9.18 Å². The van der Waals surface area contributed by atoms with Gasteiger partial charge < -0.3 is 5.32 Å². The second kappa shape index (κ2) is 5.26. The summed E-state index contributed by atoms with van der Waals surface area (Å²) < 4.78 is 13.5. The number of hydrogen-bond acceptors (Lipinski definition) is 1. The molecular formula is C11H13BrFNO. The first kappa shape index (κ1) is 12.2. The Morgan fingerprint density at radius 2 is 2.27 bits per heavy atom. The number of hydrogen-bond donors (Lipinski definition) is 1. The van der Waals surface area contributed by atoms with Crippen LogP contribution in [-0.4, -0.2) is 17.3 Å². The van der Waals surface area contributed by atoms with Crippen LogP contribution in [-0.2, 0) is 0 Å². The van der Waals surface area contributed by atoms with Crippen LogP contribution in [0.2, 0.25) is 0 Å². The van der Waals surface area contributed by atoms with Gasteiger partial charge in [-0.05, 0) is 18.6 Å². The molecule has 0 saturated carbocycles. The van der Waals surface area contributed by atoms with Gasteiger partial charge in [-0.25, -0.2) is 4.39 Å². The Bertz CT molecular complexity index is 366. The maximum atomic E-state index is 13.5. The molecule has 4 heteroatoms. The van der Waals surface area contributed by atoms with E-state index in [1.165, 1.54) is 6.07 Å². The number of carbonyl (C=O) groups is 1. The highest BCUT2D eigenvalue weighted by Gasteiger charge is 2.12. The molecule has 1 rings (SSSR count). The van der Waals surface area contributed by atoms with Crippen molar-refractivity contribution in [2.75, 3.05) is 6.54 Å². The largest absolute Gasteiger partial charge is 0.351 e. The topological polar surface area (TPSA) is 29.1 Å². The number of aryl methyl sites for hydroxylation is 1. The Kier molecular flexibility index (Phi) is 4.27. The van der Waals surface area contributed by atoms with E-state index >= 15 is 0 Å². The van der Waals surface area contributed by atoms with Crippen LogP contribution < -0.4 is 5.32 Å². The van der Waals surface area contributed by atoms with Crippen LogP contribution >= 0.6 is 15.9 Å². The molecule has 1 unspecified atom stereocenters. The van der Waals surface area contributed by atoms with Gasteiger partial charge in [0.15, 0.2) is 0 Å². The van der Waals surface area contributed by atoms with E-state index in [0.29, 0.717) is 12.1 Å². The fourth-order valence-electron chi connectivity index (χ4n) is 1.15. The Hall–Kier alpha value is -0.900. The first-order chi connectivity index (χ1) is 7.02. The van der Waals surface area contributed by atoms with Crippen molar-refractivity contribution in [1.29, 1.82) is 0 Å². The maximum absolute atomic E-state index is 13.5. The molecule has 0 aliphatic rings. The van der Waals surface area contributed by atoms with E-state index in [4.69, 9.17) is 0 Å². The summed E-state index contributed by atoms with van der Waals surface area (Å²) in [5.41, 5.74) is 0.581. The lowest BCUT2D eigenvalue weighted by atomic mass is 10.1. The smallest absolute Gasteiger partial charge is 0.254 e. The number of alkyl halides is 1. The molecule has 0 aliphatic carbocycles. The molecule has 1 atom stereocenters. The molecule has 15 heavy (non-hydrogen) atoms. The van der Waals surface area contributed by atoms with E-state index in [0.717, 1.165) is 0 Å². The molecule has 0 radical (unpaired) electrons. The van der Waals surface area contributed by atoms with Crippen molar-refractivity contribution < 1.29 is 9.18 Å². The average Bonchev–Trinajstić information content (AvgIpc) is 2.18. The minimum atomic E-state index is -0.447. The minimum Gasteiger partial charge on any atom is -0.351 e. The Labute approximate surface area is 97.0 Å². The molecule has 0 saturated heterocycles. The molecule has 1 aromatic rings. The standard InChI is InChI=1S/C11H13BrFNO/c1-7-4-3-5-9(10(7)13)11(15)14-6-8(2)12/h3-5,8H,6H2,1-2H3,(H,14,15). The van der Waals surface area contributed by atoms with Gasteiger partial charge in [-0.1, -0.05) is 35.0 Å². The molecule has 0 heterocycles. The summed E-state index contributed by atoms with van der Waals surface area (Å²) in [4.78, 5) is 11.7. The van der Waals surface area contributed by atoms with Crippen LogP contribution in [0, 0.1) is 12.7 Å². The summed E-state index contributed by atoms with van der Waals surface area (Å²) in [6, 6.07) is 4.79. The normalized spacial score (nSPS) is 12.3. The summed E-state index contributed by atoms with van der Waals surface area (Å²) in [6.07, 6.45) is 0. The van der Waals surface area contributed by atoms with Gasteiger partial charge >= 0.3 is 0 Å². The third-order valence-corrected chi connectivity index (χ3v) is 2.30. The van der Waals surface area contributed by atoms with Crippen molar-refractivity contribution in [3.8, 4) is 0 Å². The number of amides is 1. The quantitative estimate of drug-likeness (QED) is 0.843. The fourth-order valence-corrected chi connectivity index (χ4v) is 1.31. The molecule has 1 aromatic carbocycles. The molecule has 1 N–H and O–H groups in total. The lowest BCUT2D eigenvalue weighted by Gasteiger charge is -2.08. The third kappa shape index (κ3) is 3.30. The number of rotatable bonds is 3. The molecule has 0 aliphatic heterocycles. The summed E-state index contributed by atoms with van der Waals surface area (Å²) >= 11 is 3.30. The molecule has 1 amide bonds. The first-order valence-electron chi connectivity index (χ1n) is 4.69. The third-order valence-electron chi connectivity index (χ3n) is 1.98. The summed E-state index contributed by atoms with van der Waals surface area (Å²) in [6.45, 7) is 4.03. The van der Waals surface area contributed by atoms with Crippen LogP contribution in [0.15, 0.2) is 18.2 Å². The van der Waals surface area contributed by atoms with E-state index in [2.05, 4.69) is 21.2 Å². The highest BCUT2D eigenvalue weighted by atomic mass is 79.9. The molecule has 0 aromatic heterocycles. The van der Waals surface area contributed by atoms with Crippen molar-refractivity contribution in [3.05, 3.63) is 35.1 Å². The summed E-state index contributed by atoms with van der Waals surface area (Å²) in [5.74, 6) is -0.820. The monoisotopic (exact) mass is 273 g/mol. The van der Waals surface area contributed by atoms with E-state index in [1.807, 2.05) is 6.92 Å². The van der Waals surface area contributed by atoms with Crippen molar-refractivity contribution in [2.45, 2.75) is 18.7 Å². The molecule has 0 fully saturated rings. The van der Waals surface area contributed by atoms with Crippen molar-refractivity contribution >= 4 is 21.8 Å². The van der Waals surface area contributed by atoms with E-state index < -0.39 is 5.82 Å². The zero-order valence-electron chi connectivity index (χ0n) is 8.68. The second-order valence-electron chi connectivity index (χ2n) is 3.43. The van der Waals surface area contributed by atoms with Gasteiger partial charge in [0, 0.05) is 11.4 Å². The minimum absolute atomic E-state index is 0.100. The van der Waals surface area contributed by atoms with Crippen LogP contribution in [0.5, 0.6) is 0 Å². The van der Waals surface area contributed by atoms with E-state index in [1.54, 1.807) is 19.1 Å². The van der Waals surface area contributed by atoms with Crippen LogP contribution in [0.3, 0.4) is 0 Å². The van der Waals surface area contributed by atoms with Crippen LogP contribution in [0.25, 0.3) is 0 Å². The summed E-state index contributed by atoms with van der Waals surface area (Å²) in [7, 11) is 0. The highest BCUT2D eigenvalue weighted by Crippen LogP contribution is 2.11. The molecule has 82 valence electrons. The van der Waals surface area contributed by atoms with Gasteiger partial charge in [0.2, 0.25) is 0 Å². The lowest BCUT2D eigenvalue weighted by molar-refractivity contribution is 0.0950. The lowest BCUT2D eigenvalue weighted by Crippen LogP contribution is -2.29. The van der Waals surface area contributed by atoms with Crippen LogP contribution in [0.4, 0.5) is 4.39 Å². The second-order valence-corrected chi connectivity index (χ2v) is 4.99. The number of halogens is 2. The van der Waals surface area contributed by atoms with Gasteiger partial charge in [-0.2, -0.15) is 0 Å². The average molecular weight is 274 g/mol. The summed E-state index contributed by atoms with van der Waals surface area (Å²) in [5, 5.41) is 2.64. The fraction of sp³-hybridized carbons (Fsp3) is 0.364. The van der Waals surface area contributed by atoms with Crippen LogP contribution in [0.1, 0.15) is 22.8 Å². The Morgan fingerprint density at radius 3 is 2.87 bits per heavy atom. The molecular weight excluding hydrogens is 261 g/mol. The molecule has 0 bridgehead atoms. The van der Waals surface area contributed by atoms with Crippen molar-refractivity contribution in [2.24, 2.45) is 0 Å². The molecule has 2 nitrogen and oxygen atoms in total. The van der Waals surface area contributed by atoms with Gasteiger partial charge in [-0.3, -0.25) is 4.79 Å². The maximum Gasteiger partial charge on any atom is 0.254 e. The Balaban J connectivity index is 2.78. The van der Waals surface area contributed by atoms with Gasteiger partial charge in [0.1, 0.15) is 5.82 Å². The SMILES string of the molecule is Cc1cccc(C(=O)NCC(C)Br)c1F.